The van der Waals surface area contributed by atoms with Gasteiger partial charge in [0.25, 0.3) is 0 Å². The van der Waals surface area contributed by atoms with E-state index in [9.17, 15) is 9.90 Å². The van der Waals surface area contributed by atoms with Crippen LogP contribution >= 0.6 is 15.9 Å². The van der Waals surface area contributed by atoms with Crippen LogP contribution in [0.1, 0.15) is 13.8 Å². The maximum absolute atomic E-state index is 12.4. The van der Waals surface area contributed by atoms with Crippen molar-refractivity contribution >= 4 is 26.9 Å². The molecule has 0 saturated carbocycles. The fourth-order valence-electron chi connectivity index (χ4n) is 2.31. The molecule has 0 spiro atoms. The lowest BCUT2D eigenvalue weighted by Crippen LogP contribution is -2.02. The van der Waals surface area contributed by atoms with Crippen molar-refractivity contribution in [2.45, 2.75) is 13.8 Å². The van der Waals surface area contributed by atoms with E-state index >= 15 is 0 Å². The highest BCUT2D eigenvalue weighted by atomic mass is 79.9. The standard InChI is InChI=1S/C20H17BrO4/c1-12(2)9-10-24-15-7-8-16-17(11-15)25-20(19(23)18(16)22)13-3-5-14(21)6-4-13/h3-12,23H,1-2H3. The van der Waals surface area contributed by atoms with Crippen LogP contribution in [0.2, 0.25) is 0 Å². The largest absolute Gasteiger partial charge is 0.502 e. The van der Waals surface area contributed by atoms with Crippen LogP contribution in [0.4, 0.5) is 0 Å². The molecule has 1 heterocycles. The molecule has 3 aromatic rings. The third-order valence-corrected chi connectivity index (χ3v) is 4.14. The molecule has 0 amide bonds. The minimum atomic E-state index is -0.469. The topological polar surface area (TPSA) is 59.7 Å². The summed E-state index contributed by atoms with van der Waals surface area (Å²) in [6.45, 7) is 4.10. The number of allylic oxidation sites excluding steroid dienone is 1. The Balaban J connectivity index is 2.08. The number of aromatic hydroxyl groups is 1. The molecule has 4 nitrogen and oxygen atoms in total. The Hall–Kier alpha value is -2.53. The molecule has 5 heteroatoms. The molecule has 0 unspecified atom stereocenters. The van der Waals surface area contributed by atoms with Gasteiger partial charge in [0.2, 0.25) is 11.2 Å². The van der Waals surface area contributed by atoms with E-state index in [0.717, 1.165) is 4.47 Å². The Morgan fingerprint density at radius 1 is 1.16 bits per heavy atom. The molecular formula is C20H17BrO4. The van der Waals surface area contributed by atoms with Crippen LogP contribution in [0, 0.1) is 5.92 Å². The highest BCUT2D eigenvalue weighted by Gasteiger charge is 2.15. The quantitative estimate of drug-likeness (QED) is 0.589. The van der Waals surface area contributed by atoms with Crippen LogP contribution in [0.3, 0.4) is 0 Å². The van der Waals surface area contributed by atoms with Crippen molar-refractivity contribution in [2.24, 2.45) is 5.92 Å². The van der Waals surface area contributed by atoms with Gasteiger partial charge in [0.15, 0.2) is 5.76 Å². The number of benzene rings is 2. The normalized spacial score (nSPS) is 11.5. The number of rotatable bonds is 4. The maximum atomic E-state index is 12.4. The minimum Gasteiger partial charge on any atom is -0.502 e. The van der Waals surface area contributed by atoms with E-state index in [1.54, 1.807) is 36.6 Å². The van der Waals surface area contributed by atoms with Crippen molar-refractivity contribution in [3.63, 3.8) is 0 Å². The van der Waals surface area contributed by atoms with Gasteiger partial charge in [-0.3, -0.25) is 4.79 Å². The van der Waals surface area contributed by atoms with Crippen molar-refractivity contribution in [3.05, 3.63) is 69.5 Å². The SMILES string of the molecule is CC(C)C=COc1ccc2c(=O)c(O)c(-c3ccc(Br)cc3)oc2c1. The number of fused-ring (bicyclic) bond motifs is 1. The fourth-order valence-corrected chi connectivity index (χ4v) is 2.57. The predicted octanol–water partition coefficient (Wildman–Crippen LogP) is 5.48. The zero-order valence-electron chi connectivity index (χ0n) is 13.8. The second kappa shape index (κ2) is 7.15. The van der Waals surface area contributed by atoms with Crippen molar-refractivity contribution < 1.29 is 14.3 Å². The third-order valence-electron chi connectivity index (χ3n) is 3.61. The van der Waals surface area contributed by atoms with Crippen molar-refractivity contribution in [1.29, 1.82) is 0 Å². The molecule has 0 bridgehead atoms. The molecule has 0 aliphatic heterocycles. The zero-order valence-corrected chi connectivity index (χ0v) is 15.4. The molecule has 0 saturated heterocycles. The van der Waals surface area contributed by atoms with E-state index in [2.05, 4.69) is 15.9 Å². The van der Waals surface area contributed by atoms with Crippen LogP contribution in [0.5, 0.6) is 11.5 Å². The van der Waals surface area contributed by atoms with E-state index in [4.69, 9.17) is 9.15 Å². The number of halogens is 1. The molecule has 0 aliphatic carbocycles. The first-order chi connectivity index (χ1) is 12.0. The number of hydrogen-bond donors (Lipinski definition) is 1. The second-order valence-corrected chi connectivity index (χ2v) is 6.88. The van der Waals surface area contributed by atoms with Crippen molar-refractivity contribution in [3.8, 4) is 22.8 Å². The van der Waals surface area contributed by atoms with Crippen molar-refractivity contribution in [1.82, 2.24) is 0 Å². The number of hydrogen-bond acceptors (Lipinski definition) is 4. The van der Waals surface area contributed by atoms with Gasteiger partial charge < -0.3 is 14.3 Å². The lowest BCUT2D eigenvalue weighted by atomic mass is 10.1. The highest BCUT2D eigenvalue weighted by molar-refractivity contribution is 9.10. The van der Waals surface area contributed by atoms with E-state index in [1.165, 1.54) is 0 Å². The van der Waals surface area contributed by atoms with Crippen molar-refractivity contribution in [2.75, 3.05) is 0 Å². The molecular weight excluding hydrogens is 384 g/mol. The van der Waals surface area contributed by atoms with Gasteiger partial charge in [0.05, 0.1) is 11.6 Å². The summed E-state index contributed by atoms with van der Waals surface area (Å²) in [6.07, 6.45) is 3.53. The monoisotopic (exact) mass is 400 g/mol. The average molecular weight is 401 g/mol. The summed E-state index contributed by atoms with van der Waals surface area (Å²) in [5, 5.41) is 10.5. The summed E-state index contributed by atoms with van der Waals surface area (Å²) in [5.41, 5.74) is 0.505. The Morgan fingerprint density at radius 3 is 2.56 bits per heavy atom. The lowest BCUT2D eigenvalue weighted by Gasteiger charge is -2.07. The van der Waals surface area contributed by atoms with Gasteiger partial charge in [-0.15, -0.1) is 0 Å². The fraction of sp³-hybridized carbons (Fsp3) is 0.150. The molecule has 1 aromatic heterocycles. The molecule has 128 valence electrons. The van der Waals surface area contributed by atoms with E-state index in [-0.39, 0.29) is 5.76 Å². The Morgan fingerprint density at radius 2 is 1.88 bits per heavy atom. The van der Waals surface area contributed by atoms with Crippen LogP contribution in [-0.2, 0) is 0 Å². The molecule has 25 heavy (non-hydrogen) atoms. The van der Waals surface area contributed by atoms with Gasteiger partial charge in [-0.05, 0) is 48.4 Å². The molecule has 0 atom stereocenters. The summed E-state index contributed by atoms with van der Waals surface area (Å²) in [4.78, 5) is 12.4. The lowest BCUT2D eigenvalue weighted by molar-refractivity contribution is 0.447. The van der Waals surface area contributed by atoms with Gasteiger partial charge in [-0.1, -0.05) is 29.8 Å². The van der Waals surface area contributed by atoms with Gasteiger partial charge in [0.1, 0.15) is 11.3 Å². The van der Waals surface area contributed by atoms with E-state index in [1.807, 2.05) is 32.1 Å². The summed E-state index contributed by atoms with van der Waals surface area (Å²) >= 11 is 3.36. The Kier molecular flexibility index (Phi) is 4.95. The average Bonchev–Trinajstić information content (AvgIpc) is 2.58. The molecule has 0 radical (unpaired) electrons. The summed E-state index contributed by atoms with van der Waals surface area (Å²) in [6, 6.07) is 12.1. The first-order valence-electron chi connectivity index (χ1n) is 7.85. The van der Waals surface area contributed by atoms with Crippen LogP contribution in [0.25, 0.3) is 22.3 Å². The van der Waals surface area contributed by atoms with Crippen LogP contribution < -0.4 is 10.2 Å². The Bertz CT molecular complexity index is 985. The second-order valence-electron chi connectivity index (χ2n) is 5.96. The molecule has 1 N–H and O–H groups in total. The molecule has 0 aliphatic rings. The van der Waals surface area contributed by atoms with E-state index in [0.29, 0.717) is 28.2 Å². The minimum absolute atomic E-state index is 0.139. The van der Waals surface area contributed by atoms with Gasteiger partial charge in [-0.25, -0.2) is 0 Å². The smallest absolute Gasteiger partial charge is 0.235 e. The summed E-state index contributed by atoms with van der Waals surface area (Å²) in [5.74, 6) is 0.669. The molecule has 2 aromatic carbocycles. The first kappa shape index (κ1) is 17.3. The maximum Gasteiger partial charge on any atom is 0.235 e. The van der Waals surface area contributed by atoms with Crippen LogP contribution in [-0.4, -0.2) is 5.11 Å². The first-order valence-corrected chi connectivity index (χ1v) is 8.64. The molecule has 3 rings (SSSR count). The number of ether oxygens (including phenoxy) is 1. The summed E-state index contributed by atoms with van der Waals surface area (Å²) < 4.78 is 12.2. The van der Waals surface area contributed by atoms with Gasteiger partial charge >= 0.3 is 0 Å². The Labute approximate surface area is 153 Å². The van der Waals surface area contributed by atoms with Gasteiger partial charge in [-0.2, -0.15) is 0 Å². The van der Waals surface area contributed by atoms with E-state index < -0.39 is 11.2 Å². The van der Waals surface area contributed by atoms with Gasteiger partial charge in [0, 0.05) is 16.1 Å². The molecule has 0 fully saturated rings. The van der Waals surface area contributed by atoms with Crippen LogP contribution in [0.15, 0.2) is 68.5 Å². The highest BCUT2D eigenvalue weighted by Crippen LogP contribution is 2.32. The predicted molar refractivity (Wildman–Crippen MR) is 102 cm³/mol. The summed E-state index contributed by atoms with van der Waals surface area (Å²) in [7, 11) is 0. The third kappa shape index (κ3) is 3.77. The zero-order chi connectivity index (χ0) is 18.0.